The van der Waals surface area contributed by atoms with Crippen LogP contribution >= 0.6 is 0 Å². The van der Waals surface area contributed by atoms with E-state index in [0.29, 0.717) is 11.6 Å². The van der Waals surface area contributed by atoms with E-state index in [1.54, 1.807) is 12.4 Å². The number of imidazole rings is 2. The standard InChI is InChI=1S/C8H10N4O/c1-2-5-8(13)12-7(11-5)6-9-3-4-10-6/h3-4,13H,2H2,1H3,(H,9,10)(H,11,12). The van der Waals surface area contributed by atoms with Gasteiger partial charge in [-0.05, 0) is 6.42 Å². The van der Waals surface area contributed by atoms with E-state index in [0.717, 1.165) is 12.1 Å². The first-order chi connectivity index (χ1) is 6.31. The molecule has 0 aliphatic rings. The molecule has 0 fully saturated rings. The van der Waals surface area contributed by atoms with Crippen molar-refractivity contribution in [2.75, 3.05) is 0 Å². The van der Waals surface area contributed by atoms with Crippen molar-refractivity contribution in [1.29, 1.82) is 0 Å². The molecule has 0 bridgehead atoms. The molecule has 0 aliphatic heterocycles. The number of aryl methyl sites for hydroxylation is 1. The molecule has 13 heavy (non-hydrogen) atoms. The summed E-state index contributed by atoms with van der Waals surface area (Å²) >= 11 is 0. The van der Waals surface area contributed by atoms with Gasteiger partial charge in [0, 0.05) is 12.4 Å². The van der Waals surface area contributed by atoms with Crippen LogP contribution < -0.4 is 0 Å². The lowest BCUT2D eigenvalue weighted by molar-refractivity contribution is 0.450. The fourth-order valence-electron chi connectivity index (χ4n) is 1.15. The highest BCUT2D eigenvalue weighted by Crippen LogP contribution is 2.18. The van der Waals surface area contributed by atoms with Gasteiger partial charge in [-0.2, -0.15) is 4.98 Å². The number of nitrogens with zero attached hydrogens (tertiary/aromatic N) is 2. The van der Waals surface area contributed by atoms with E-state index in [-0.39, 0.29) is 5.88 Å². The number of H-pyrrole nitrogens is 2. The average Bonchev–Trinajstić information content (AvgIpc) is 2.71. The minimum atomic E-state index is 0.0499. The van der Waals surface area contributed by atoms with E-state index in [4.69, 9.17) is 0 Å². The van der Waals surface area contributed by atoms with Crippen molar-refractivity contribution in [1.82, 2.24) is 19.9 Å². The first kappa shape index (κ1) is 7.85. The molecule has 0 atom stereocenters. The van der Waals surface area contributed by atoms with Gasteiger partial charge in [-0.15, -0.1) is 0 Å². The highest BCUT2D eigenvalue weighted by atomic mass is 16.3. The van der Waals surface area contributed by atoms with Gasteiger partial charge in [0.1, 0.15) is 0 Å². The summed E-state index contributed by atoms with van der Waals surface area (Å²) in [5.41, 5.74) is 0.728. The Morgan fingerprint density at radius 2 is 2.31 bits per heavy atom. The van der Waals surface area contributed by atoms with E-state index in [2.05, 4.69) is 19.9 Å². The van der Waals surface area contributed by atoms with Gasteiger partial charge >= 0.3 is 0 Å². The van der Waals surface area contributed by atoms with Crippen LogP contribution in [0.2, 0.25) is 0 Å². The number of aromatic nitrogens is 4. The van der Waals surface area contributed by atoms with Crippen molar-refractivity contribution >= 4 is 0 Å². The molecule has 3 N–H and O–H groups in total. The second-order valence-corrected chi connectivity index (χ2v) is 2.68. The van der Waals surface area contributed by atoms with E-state index >= 15 is 0 Å². The zero-order chi connectivity index (χ0) is 9.26. The van der Waals surface area contributed by atoms with Crippen molar-refractivity contribution < 1.29 is 5.11 Å². The summed E-state index contributed by atoms with van der Waals surface area (Å²) in [6.45, 7) is 1.94. The molecule has 5 nitrogen and oxygen atoms in total. The summed E-state index contributed by atoms with van der Waals surface area (Å²) in [5, 5.41) is 9.35. The summed E-state index contributed by atoms with van der Waals surface area (Å²) in [6, 6.07) is 0. The summed E-state index contributed by atoms with van der Waals surface area (Å²) in [5.74, 6) is 1.25. The maximum Gasteiger partial charge on any atom is 0.232 e. The second kappa shape index (κ2) is 2.93. The minimum Gasteiger partial charge on any atom is -0.492 e. The normalized spacial score (nSPS) is 10.5. The molecule has 68 valence electrons. The maximum atomic E-state index is 9.35. The highest BCUT2D eigenvalue weighted by Gasteiger charge is 2.09. The molecule has 2 heterocycles. The van der Waals surface area contributed by atoms with Crippen LogP contribution in [0.25, 0.3) is 11.6 Å². The monoisotopic (exact) mass is 178 g/mol. The fourth-order valence-corrected chi connectivity index (χ4v) is 1.15. The Bertz CT molecular complexity index is 390. The van der Waals surface area contributed by atoms with E-state index in [9.17, 15) is 5.11 Å². The van der Waals surface area contributed by atoms with Crippen molar-refractivity contribution in [3.05, 3.63) is 18.1 Å². The van der Waals surface area contributed by atoms with Gasteiger partial charge in [-0.1, -0.05) is 6.92 Å². The zero-order valence-electron chi connectivity index (χ0n) is 7.20. The van der Waals surface area contributed by atoms with E-state index < -0.39 is 0 Å². The molecule has 0 spiro atoms. The molecule has 2 aromatic rings. The molecular formula is C8H10N4O. The predicted molar refractivity (Wildman–Crippen MR) is 47.2 cm³/mol. The van der Waals surface area contributed by atoms with Gasteiger partial charge in [0.25, 0.3) is 0 Å². The van der Waals surface area contributed by atoms with Crippen LogP contribution in [0, 0.1) is 0 Å². The Hall–Kier alpha value is -1.78. The summed E-state index contributed by atoms with van der Waals surface area (Å²) in [4.78, 5) is 13.8. The quantitative estimate of drug-likeness (QED) is 0.643. The van der Waals surface area contributed by atoms with Crippen molar-refractivity contribution in [3.63, 3.8) is 0 Å². The zero-order valence-corrected chi connectivity index (χ0v) is 7.20. The number of nitrogens with one attached hydrogen (secondary N) is 2. The smallest absolute Gasteiger partial charge is 0.232 e. The number of hydrogen-bond donors (Lipinski definition) is 3. The van der Waals surface area contributed by atoms with Crippen LogP contribution in [0.1, 0.15) is 12.6 Å². The molecular weight excluding hydrogens is 168 g/mol. The lowest BCUT2D eigenvalue weighted by Gasteiger charge is -1.88. The Morgan fingerprint density at radius 1 is 1.46 bits per heavy atom. The first-order valence-electron chi connectivity index (χ1n) is 4.09. The van der Waals surface area contributed by atoms with E-state index in [1.807, 2.05) is 6.92 Å². The SMILES string of the molecule is CCc1[nH]c(-c2ncc[nH]2)nc1O. The number of aromatic hydroxyl groups is 1. The molecule has 0 amide bonds. The van der Waals surface area contributed by atoms with Gasteiger partial charge in [-0.3, -0.25) is 0 Å². The fraction of sp³-hybridized carbons (Fsp3) is 0.250. The molecule has 0 radical (unpaired) electrons. The van der Waals surface area contributed by atoms with Crippen LogP contribution in [-0.2, 0) is 6.42 Å². The maximum absolute atomic E-state index is 9.35. The Morgan fingerprint density at radius 3 is 2.85 bits per heavy atom. The van der Waals surface area contributed by atoms with Gasteiger partial charge < -0.3 is 15.1 Å². The molecule has 0 saturated carbocycles. The summed E-state index contributed by atoms with van der Waals surface area (Å²) in [6.07, 6.45) is 4.07. The van der Waals surface area contributed by atoms with Crippen LogP contribution in [0.5, 0.6) is 5.88 Å². The highest BCUT2D eigenvalue weighted by molar-refractivity contribution is 5.46. The molecule has 5 heteroatoms. The number of rotatable bonds is 2. The third kappa shape index (κ3) is 1.28. The van der Waals surface area contributed by atoms with Crippen LogP contribution in [0.3, 0.4) is 0 Å². The molecule has 0 saturated heterocycles. The van der Waals surface area contributed by atoms with Gasteiger partial charge in [0.05, 0.1) is 5.69 Å². The topological polar surface area (TPSA) is 77.6 Å². The average molecular weight is 178 g/mol. The number of aromatic amines is 2. The third-order valence-corrected chi connectivity index (χ3v) is 1.83. The van der Waals surface area contributed by atoms with Crippen LogP contribution in [0.4, 0.5) is 0 Å². The third-order valence-electron chi connectivity index (χ3n) is 1.83. The molecule has 0 aromatic carbocycles. The minimum absolute atomic E-state index is 0.0499. The Labute approximate surface area is 74.9 Å². The van der Waals surface area contributed by atoms with Crippen molar-refractivity contribution in [2.24, 2.45) is 0 Å². The Balaban J connectivity index is 2.43. The van der Waals surface area contributed by atoms with Gasteiger partial charge in [-0.25, -0.2) is 4.98 Å². The summed E-state index contributed by atoms with van der Waals surface area (Å²) < 4.78 is 0. The summed E-state index contributed by atoms with van der Waals surface area (Å²) in [7, 11) is 0. The molecule has 0 aliphatic carbocycles. The van der Waals surface area contributed by atoms with Crippen molar-refractivity contribution in [3.8, 4) is 17.5 Å². The van der Waals surface area contributed by atoms with Crippen LogP contribution in [0.15, 0.2) is 12.4 Å². The van der Waals surface area contributed by atoms with Crippen LogP contribution in [-0.4, -0.2) is 25.0 Å². The largest absolute Gasteiger partial charge is 0.492 e. The van der Waals surface area contributed by atoms with Gasteiger partial charge in [0.15, 0.2) is 11.6 Å². The lowest BCUT2D eigenvalue weighted by Crippen LogP contribution is -1.83. The molecule has 0 unspecified atom stereocenters. The lowest BCUT2D eigenvalue weighted by atomic mass is 10.4. The van der Waals surface area contributed by atoms with Crippen molar-refractivity contribution in [2.45, 2.75) is 13.3 Å². The molecule has 2 rings (SSSR count). The molecule has 2 aromatic heterocycles. The van der Waals surface area contributed by atoms with Gasteiger partial charge in [0.2, 0.25) is 5.88 Å². The second-order valence-electron chi connectivity index (χ2n) is 2.68. The Kier molecular flexibility index (Phi) is 1.77. The first-order valence-corrected chi connectivity index (χ1v) is 4.09. The predicted octanol–water partition coefficient (Wildman–Crippen LogP) is 1.07. The van der Waals surface area contributed by atoms with E-state index in [1.165, 1.54) is 0 Å². The number of hydrogen-bond acceptors (Lipinski definition) is 3.